The fourth-order valence-corrected chi connectivity index (χ4v) is 6.11. The molecule has 0 spiro atoms. The molecule has 0 aliphatic carbocycles. The number of quaternary nitrogens is 2. The topological polar surface area (TPSA) is 0 Å². The lowest BCUT2D eigenvalue weighted by Gasteiger charge is -2.57. The predicted octanol–water partition coefficient (Wildman–Crippen LogP) is 5.95. The minimum Gasteiger partial charge on any atom is -0.305 e. The van der Waals surface area contributed by atoms with Crippen LogP contribution in [-0.4, -0.2) is 42.4 Å². The Morgan fingerprint density at radius 3 is 1.63 bits per heavy atom. The Hall–Kier alpha value is -2.75. The molecule has 150 valence electrons. The maximum atomic E-state index is 16.7. The molecule has 0 saturated carbocycles. The third-order valence-corrected chi connectivity index (χ3v) is 7.72. The van der Waals surface area contributed by atoms with E-state index in [1.807, 2.05) is 0 Å². The molecule has 2 atom stereocenters. The summed E-state index contributed by atoms with van der Waals surface area (Å²) in [4.78, 5) is 0. The zero-order valence-corrected chi connectivity index (χ0v) is 17.3. The molecule has 0 unspecified atom stereocenters. The highest BCUT2D eigenvalue weighted by Gasteiger charge is 2.63. The zero-order valence-electron chi connectivity index (χ0n) is 17.3. The van der Waals surface area contributed by atoms with E-state index in [0.717, 1.165) is 23.1 Å². The van der Waals surface area contributed by atoms with Gasteiger partial charge in [-0.3, -0.25) is 0 Å². The molecule has 3 heteroatoms. The molecule has 7 rings (SSSR count). The van der Waals surface area contributed by atoms with Crippen molar-refractivity contribution in [3.05, 3.63) is 96.1 Å². The fraction of sp³-hybridized carbons (Fsp3) is 0.259. The van der Waals surface area contributed by atoms with Crippen molar-refractivity contribution < 1.29 is 13.7 Å². The molecule has 3 heterocycles. The third kappa shape index (κ3) is 2.49. The summed E-state index contributed by atoms with van der Waals surface area (Å²) in [6, 6.07) is 29.9. The molecular weight excluding hydrogens is 371 g/mol. The van der Waals surface area contributed by atoms with Crippen LogP contribution in [0.15, 0.2) is 84.9 Å². The van der Waals surface area contributed by atoms with Gasteiger partial charge >= 0.3 is 0 Å². The standard InChI is InChI=1S/C27H27FN2/c1-29-16-18-30(28,19-17-29)27(25-15-7-11-21-9-3-5-13-23(21)25)26(29)24-14-6-10-20-8-2-4-12-22(20)24/h2-15,26-27H,16-19H2,1H3/q+2/t26-,27+,29?,30?/m1/s1. The average molecular weight is 399 g/mol. The molecule has 3 aliphatic rings. The van der Waals surface area contributed by atoms with Crippen LogP contribution in [0.2, 0.25) is 0 Å². The molecular formula is C27H27FN2+2. The van der Waals surface area contributed by atoms with Gasteiger partial charge in [-0.1, -0.05) is 84.9 Å². The Morgan fingerprint density at radius 2 is 1.07 bits per heavy atom. The fourth-order valence-electron chi connectivity index (χ4n) is 6.11. The van der Waals surface area contributed by atoms with Gasteiger partial charge in [0.15, 0.2) is 19.1 Å². The summed E-state index contributed by atoms with van der Waals surface area (Å²) < 4.78 is 17.2. The van der Waals surface area contributed by atoms with Crippen molar-refractivity contribution in [2.24, 2.45) is 0 Å². The summed E-state index contributed by atoms with van der Waals surface area (Å²) >= 11 is 0. The van der Waals surface area contributed by atoms with Gasteiger partial charge in [-0.05, 0) is 26.0 Å². The molecule has 0 radical (unpaired) electrons. The van der Waals surface area contributed by atoms with Crippen LogP contribution in [0.4, 0.5) is 4.48 Å². The highest BCUT2D eigenvalue weighted by Crippen LogP contribution is 2.54. The Balaban J connectivity index is 1.65. The number of hydrogen-bond acceptors (Lipinski definition) is 0. The molecule has 2 bridgehead atoms. The van der Waals surface area contributed by atoms with E-state index in [9.17, 15) is 0 Å². The summed E-state index contributed by atoms with van der Waals surface area (Å²) in [5.74, 6) is 0. The molecule has 3 fully saturated rings. The number of rotatable bonds is 2. The average Bonchev–Trinajstić information content (AvgIpc) is 2.79. The lowest BCUT2D eigenvalue weighted by molar-refractivity contribution is -1.18. The number of piperazine rings is 3. The van der Waals surface area contributed by atoms with Crippen molar-refractivity contribution in [2.45, 2.75) is 12.1 Å². The zero-order chi connectivity index (χ0) is 20.3. The summed E-state index contributed by atoms with van der Waals surface area (Å²) in [5, 5.41) is 4.88. The van der Waals surface area contributed by atoms with Crippen molar-refractivity contribution in [1.82, 2.24) is 0 Å². The van der Waals surface area contributed by atoms with E-state index in [0.29, 0.717) is 13.1 Å². The van der Waals surface area contributed by atoms with E-state index in [4.69, 9.17) is 0 Å². The highest BCUT2D eigenvalue weighted by atomic mass is 19.2. The molecule has 3 saturated heterocycles. The lowest BCUT2D eigenvalue weighted by Crippen LogP contribution is -2.72. The Morgan fingerprint density at radius 1 is 0.600 bits per heavy atom. The van der Waals surface area contributed by atoms with Crippen LogP contribution in [-0.2, 0) is 0 Å². The SMILES string of the molecule is C[N+]12CC[N+](F)(CC1)[C@@H](c1cccc3ccccc13)[C@H]2c1cccc2ccccc12. The lowest BCUT2D eigenvalue weighted by atomic mass is 9.81. The molecule has 4 aromatic rings. The Bertz CT molecular complexity index is 1150. The highest BCUT2D eigenvalue weighted by molar-refractivity contribution is 5.88. The number of halogens is 1. The van der Waals surface area contributed by atoms with E-state index in [-0.39, 0.29) is 16.8 Å². The van der Waals surface area contributed by atoms with Gasteiger partial charge in [0.05, 0.1) is 7.05 Å². The summed E-state index contributed by atoms with van der Waals surface area (Å²) in [5.41, 5.74) is 2.44. The first kappa shape index (κ1) is 18.1. The van der Waals surface area contributed by atoms with Crippen LogP contribution in [0.1, 0.15) is 23.2 Å². The van der Waals surface area contributed by atoms with Gasteiger partial charge in [-0.2, -0.15) is 0 Å². The molecule has 0 N–H and O–H groups in total. The number of hydrogen-bond donors (Lipinski definition) is 0. The summed E-state index contributed by atoms with van der Waals surface area (Å²) in [6.45, 7) is 2.94. The first-order valence-corrected chi connectivity index (χ1v) is 11.0. The number of fused-ring (bicyclic) bond motifs is 5. The predicted molar refractivity (Wildman–Crippen MR) is 120 cm³/mol. The van der Waals surface area contributed by atoms with Gasteiger partial charge < -0.3 is 4.48 Å². The van der Waals surface area contributed by atoms with E-state index < -0.39 is 0 Å². The van der Waals surface area contributed by atoms with Crippen LogP contribution in [0.5, 0.6) is 0 Å². The van der Waals surface area contributed by atoms with Gasteiger partial charge in [-0.15, -0.1) is 4.71 Å². The van der Waals surface area contributed by atoms with Gasteiger partial charge in [0.2, 0.25) is 6.04 Å². The monoisotopic (exact) mass is 398 g/mol. The second kappa shape index (κ2) is 6.37. The minimum absolute atomic E-state index is 0.0920. The number of likely N-dealkylation sites (N-methyl/N-ethyl adjacent to an activating group) is 1. The van der Waals surface area contributed by atoms with Crippen LogP contribution in [0.25, 0.3) is 21.5 Å². The quantitative estimate of drug-likeness (QED) is 0.289. The molecule has 4 aromatic carbocycles. The first-order chi connectivity index (χ1) is 14.6. The molecule has 2 nitrogen and oxygen atoms in total. The van der Waals surface area contributed by atoms with Crippen molar-refractivity contribution in [1.29, 1.82) is 0 Å². The molecule has 0 aromatic heterocycles. The van der Waals surface area contributed by atoms with Crippen molar-refractivity contribution in [3.8, 4) is 0 Å². The van der Waals surface area contributed by atoms with E-state index in [1.54, 1.807) is 0 Å². The van der Waals surface area contributed by atoms with Crippen LogP contribution in [0, 0.1) is 0 Å². The van der Waals surface area contributed by atoms with Gasteiger partial charge in [0.1, 0.15) is 13.1 Å². The van der Waals surface area contributed by atoms with Crippen molar-refractivity contribution in [2.75, 3.05) is 33.2 Å². The maximum absolute atomic E-state index is 16.7. The van der Waals surface area contributed by atoms with E-state index in [1.165, 1.54) is 27.1 Å². The van der Waals surface area contributed by atoms with Crippen molar-refractivity contribution >= 4 is 21.5 Å². The minimum atomic E-state index is -0.351. The van der Waals surface area contributed by atoms with Crippen LogP contribution >= 0.6 is 0 Å². The van der Waals surface area contributed by atoms with Gasteiger partial charge in [0.25, 0.3) is 0 Å². The normalized spacial score (nSPS) is 30.7. The Labute approximate surface area is 176 Å². The van der Waals surface area contributed by atoms with Gasteiger partial charge in [-0.25, -0.2) is 0 Å². The second-order valence-electron chi connectivity index (χ2n) is 9.33. The summed E-state index contributed by atoms with van der Waals surface area (Å²) in [7, 11) is 2.34. The Kier molecular flexibility index (Phi) is 3.83. The van der Waals surface area contributed by atoms with Crippen molar-refractivity contribution in [3.63, 3.8) is 0 Å². The van der Waals surface area contributed by atoms with Crippen LogP contribution in [0.3, 0.4) is 0 Å². The molecule has 3 aliphatic heterocycles. The number of benzene rings is 4. The largest absolute Gasteiger partial charge is 0.305 e. The smallest absolute Gasteiger partial charge is 0.207 e. The maximum Gasteiger partial charge on any atom is 0.207 e. The molecule has 0 amide bonds. The van der Waals surface area contributed by atoms with E-state index >= 15 is 4.48 Å². The van der Waals surface area contributed by atoms with Gasteiger partial charge in [0, 0.05) is 11.1 Å². The van der Waals surface area contributed by atoms with E-state index in [2.05, 4.69) is 92.0 Å². The van der Waals surface area contributed by atoms with Crippen LogP contribution < -0.4 is 0 Å². The summed E-state index contributed by atoms with van der Waals surface area (Å²) in [6.07, 6.45) is 0. The second-order valence-corrected chi connectivity index (χ2v) is 9.33. The third-order valence-electron chi connectivity index (χ3n) is 7.72. The first-order valence-electron chi connectivity index (χ1n) is 11.0. The number of nitrogens with zero attached hydrogens (tertiary/aromatic N) is 2. The molecule has 30 heavy (non-hydrogen) atoms.